The molecule has 0 atom stereocenters. The average Bonchev–Trinajstić information content (AvgIpc) is 2.96. The van der Waals surface area contributed by atoms with Crippen molar-refractivity contribution in [3.05, 3.63) is 54.2 Å². The molecule has 0 unspecified atom stereocenters. The van der Waals surface area contributed by atoms with Gasteiger partial charge in [-0.05, 0) is 24.6 Å². The van der Waals surface area contributed by atoms with E-state index in [0.717, 1.165) is 13.8 Å². The topological polar surface area (TPSA) is 62.6 Å². The smallest absolute Gasteiger partial charge is 0.278 e. The number of hydrogen-bond donors (Lipinski definition) is 0. The van der Waals surface area contributed by atoms with Gasteiger partial charge >= 0.3 is 16.2 Å². The Hall–Kier alpha value is -2.28. The molecule has 0 aliphatic carbocycles. The van der Waals surface area contributed by atoms with E-state index in [1.807, 2.05) is 25.1 Å². The number of hydrogen-bond acceptors (Lipinski definition) is 3. The first kappa shape index (κ1) is 13.7. The van der Waals surface area contributed by atoms with E-state index in [1.165, 1.54) is 11.1 Å². The Kier molecular flexibility index (Phi) is 3.21. The van der Waals surface area contributed by atoms with Crippen molar-refractivity contribution >= 4 is 22.1 Å². The summed E-state index contributed by atoms with van der Waals surface area (Å²) in [5.41, 5.74) is 0.765. The van der Waals surface area contributed by atoms with Gasteiger partial charge in [-0.2, -0.15) is 12.7 Å². The van der Waals surface area contributed by atoms with Gasteiger partial charge in [-0.1, -0.05) is 30.3 Å². The van der Waals surface area contributed by atoms with Crippen LogP contribution in [0.3, 0.4) is 0 Å². The van der Waals surface area contributed by atoms with Gasteiger partial charge in [-0.25, -0.2) is 8.77 Å². The van der Waals surface area contributed by atoms with Crippen molar-refractivity contribution in [2.45, 2.75) is 13.5 Å². The fraction of sp³-hybridized carbons (Fsp3) is 0.214. The van der Waals surface area contributed by atoms with Crippen LogP contribution >= 0.6 is 0 Å². The first-order valence-electron chi connectivity index (χ1n) is 6.61. The van der Waals surface area contributed by atoms with Gasteiger partial charge in [0.2, 0.25) is 0 Å². The Morgan fingerprint density at radius 2 is 1.76 bits per heavy atom. The summed E-state index contributed by atoms with van der Waals surface area (Å²) in [6.45, 7) is 2.24. The van der Waals surface area contributed by atoms with Crippen molar-refractivity contribution in [2.24, 2.45) is 0 Å². The molecule has 0 saturated carbocycles. The zero-order valence-electron chi connectivity index (χ0n) is 11.5. The summed E-state index contributed by atoms with van der Waals surface area (Å²) >= 11 is 0. The maximum Gasteiger partial charge on any atom is 0.341 e. The third-order valence-corrected chi connectivity index (χ3v) is 5.07. The van der Waals surface area contributed by atoms with E-state index in [1.54, 1.807) is 24.3 Å². The Morgan fingerprint density at radius 3 is 2.43 bits per heavy atom. The lowest BCUT2D eigenvalue weighted by molar-refractivity contribution is 0.226. The number of carbonyl (C=O) groups is 1. The summed E-state index contributed by atoms with van der Waals surface area (Å²) in [7, 11) is -3.87. The number of urea groups is 1. The van der Waals surface area contributed by atoms with Crippen LogP contribution in [0.4, 0.5) is 10.6 Å². The molecule has 1 aromatic carbocycles. The molecular weight excluding hydrogens is 290 g/mol. The number of fused-ring (bicyclic) bond motifs is 1. The van der Waals surface area contributed by atoms with Gasteiger partial charge in [0.25, 0.3) is 0 Å². The average molecular weight is 305 g/mol. The first-order valence-corrected chi connectivity index (χ1v) is 8.01. The van der Waals surface area contributed by atoms with Crippen molar-refractivity contribution in [2.75, 3.05) is 11.4 Å². The number of rotatable bonds is 3. The van der Waals surface area contributed by atoms with E-state index in [0.29, 0.717) is 12.4 Å². The highest BCUT2D eigenvalue weighted by molar-refractivity contribution is 7.88. The molecule has 0 saturated heterocycles. The van der Waals surface area contributed by atoms with Crippen LogP contribution < -0.4 is 4.90 Å². The number of anilines is 1. The van der Waals surface area contributed by atoms with E-state index < -0.39 is 16.2 Å². The lowest BCUT2D eigenvalue weighted by Gasteiger charge is -2.35. The predicted molar refractivity (Wildman–Crippen MR) is 79.2 cm³/mol. The molecule has 1 aliphatic heterocycles. The van der Waals surface area contributed by atoms with E-state index >= 15 is 0 Å². The van der Waals surface area contributed by atoms with Crippen LogP contribution in [0.15, 0.2) is 48.7 Å². The lowest BCUT2D eigenvalue weighted by atomic mass is 10.2. The molecule has 0 N–H and O–H groups in total. The number of aromatic nitrogens is 1. The predicted octanol–water partition coefficient (Wildman–Crippen LogP) is 2.04. The van der Waals surface area contributed by atoms with Gasteiger partial charge in [0, 0.05) is 12.7 Å². The minimum absolute atomic E-state index is 0.0239. The van der Waals surface area contributed by atoms with Gasteiger partial charge in [0.1, 0.15) is 5.82 Å². The van der Waals surface area contributed by atoms with Gasteiger partial charge < -0.3 is 0 Å². The highest BCUT2D eigenvalue weighted by Crippen LogP contribution is 2.28. The second kappa shape index (κ2) is 4.92. The van der Waals surface area contributed by atoms with Crippen molar-refractivity contribution in [3.8, 4) is 0 Å². The Balaban J connectivity index is 2.07. The van der Waals surface area contributed by atoms with E-state index in [9.17, 15) is 13.2 Å². The molecule has 3 rings (SSSR count). The number of benzene rings is 1. The lowest BCUT2D eigenvalue weighted by Crippen LogP contribution is -2.52. The van der Waals surface area contributed by atoms with Crippen molar-refractivity contribution < 1.29 is 13.2 Å². The summed E-state index contributed by atoms with van der Waals surface area (Å²) in [4.78, 5) is 13.9. The number of nitrogens with zero attached hydrogens (tertiary/aromatic N) is 3. The molecule has 0 fully saturated rings. The molecule has 0 bridgehead atoms. The number of carbonyl (C=O) groups excluding carboxylic acids is 1. The van der Waals surface area contributed by atoms with Gasteiger partial charge in [0.05, 0.1) is 6.54 Å². The van der Waals surface area contributed by atoms with Crippen molar-refractivity contribution in [3.63, 3.8) is 0 Å². The van der Waals surface area contributed by atoms with Crippen LogP contribution in [0, 0.1) is 0 Å². The van der Waals surface area contributed by atoms with E-state index in [-0.39, 0.29) is 6.54 Å². The van der Waals surface area contributed by atoms with Crippen molar-refractivity contribution in [1.82, 2.24) is 8.28 Å². The molecule has 110 valence electrons. The number of amides is 2. The van der Waals surface area contributed by atoms with Crippen LogP contribution in [-0.2, 0) is 16.8 Å². The molecule has 2 aromatic rings. The monoisotopic (exact) mass is 305 g/mol. The third-order valence-electron chi connectivity index (χ3n) is 3.43. The third kappa shape index (κ3) is 2.09. The zero-order valence-corrected chi connectivity index (χ0v) is 12.3. The molecule has 7 heteroatoms. The maximum absolute atomic E-state index is 12.6. The first-order chi connectivity index (χ1) is 10.1. The molecule has 1 aliphatic rings. The van der Waals surface area contributed by atoms with Crippen LogP contribution in [0.5, 0.6) is 0 Å². The minimum Gasteiger partial charge on any atom is -0.278 e. The van der Waals surface area contributed by atoms with Gasteiger partial charge in [-0.15, -0.1) is 0 Å². The quantitative estimate of drug-likeness (QED) is 0.872. The zero-order chi connectivity index (χ0) is 15.0. The fourth-order valence-corrected chi connectivity index (χ4v) is 3.83. The largest absolute Gasteiger partial charge is 0.341 e. The molecule has 0 radical (unpaired) electrons. The van der Waals surface area contributed by atoms with Crippen LogP contribution in [0.25, 0.3) is 0 Å². The normalized spacial score (nSPS) is 16.9. The highest BCUT2D eigenvalue weighted by atomic mass is 32.2. The highest BCUT2D eigenvalue weighted by Gasteiger charge is 2.39. The Bertz CT molecular complexity index is 768. The van der Waals surface area contributed by atoms with Gasteiger partial charge in [0.15, 0.2) is 0 Å². The molecule has 6 nitrogen and oxygen atoms in total. The summed E-state index contributed by atoms with van der Waals surface area (Å²) in [6, 6.07) is 11.8. The standard InChI is InChI=1S/C14H15N3O3S/c1-2-15-13-9-6-10-16(13)21(19,20)17(14(15)18)11-12-7-4-3-5-8-12/h3-10H,2,11H2,1H3. The van der Waals surface area contributed by atoms with Crippen LogP contribution in [0.2, 0.25) is 0 Å². The molecule has 2 amide bonds. The molecule has 0 spiro atoms. The summed E-state index contributed by atoms with van der Waals surface area (Å²) in [5.74, 6) is 0.381. The van der Waals surface area contributed by atoms with E-state index in [2.05, 4.69) is 0 Å². The second-order valence-corrected chi connectivity index (χ2v) is 6.42. The summed E-state index contributed by atoms with van der Waals surface area (Å²) < 4.78 is 27.2. The molecular formula is C14H15N3O3S. The van der Waals surface area contributed by atoms with Crippen LogP contribution in [-0.4, -0.2) is 29.3 Å². The minimum atomic E-state index is -3.87. The molecule has 21 heavy (non-hydrogen) atoms. The second-order valence-electron chi connectivity index (χ2n) is 4.69. The van der Waals surface area contributed by atoms with Crippen molar-refractivity contribution in [1.29, 1.82) is 0 Å². The maximum atomic E-state index is 12.6. The fourth-order valence-electron chi connectivity index (χ4n) is 2.39. The summed E-state index contributed by atoms with van der Waals surface area (Å²) in [5, 5.41) is 0. The van der Waals surface area contributed by atoms with Gasteiger partial charge in [-0.3, -0.25) is 4.90 Å². The SMILES string of the molecule is CCN1C(=O)N(Cc2ccccc2)S(=O)(=O)n2cccc21. The van der Waals surface area contributed by atoms with Crippen LogP contribution in [0.1, 0.15) is 12.5 Å². The Morgan fingerprint density at radius 1 is 1.05 bits per heavy atom. The molecule has 2 heterocycles. The summed E-state index contributed by atoms with van der Waals surface area (Å²) in [6.07, 6.45) is 1.46. The molecule has 1 aromatic heterocycles. The van der Waals surface area contributed by atoms with E-state index in [4.69, 9.17) is 0 Å². The Labute approximate surface area is 123 Å².